The summed E-state index contributed by atoms with van der Waals surface area (Å²) in [4.78, 5) is 50.8. The zero-order chi connectivity index (χ0) is 24.3. The molecular formula is C24H28N2O6S. The van der Waals surface area contributed by atoms with Crippen molar-refractivity contribution in [2.45, 2.75) is 46.6 Å². The van der Waals surface area contributed by atoms with Gasteiger partial charge in [-0.2, -0.15) is 0 Å². The number of fused-ring (bicyclic) bond motifs is 1. The van der Waals surface area contributed by atoms with E-state index in [4.69, 9.17) is 4.74 Å². The Hall–Kier alpha value is -3.20. The molecule has 33 heavy (non-hydrogen) atoms. The summed E-state index contributed by atoms with van der Waals surface area (Å²) in [6, 6.07) is 8.01. The predicted octanol–water partition coefficient (Wildman–Crippen LogP) is 3.01. The van der Waals surface area contributed by atoms with Gasteiger partial charge in [0.2, 0.25) is 0 Å². The molecule has 2 aromatic heterocycles. The summed E-state index contributed by atoms with van der Waals surface area (Å²) in [5, 5.41) is 9.63. The standard InChI is InChI=1S/C24H28N2O6S/c1-5-15-9-7-8-10-16(15)11-12-17-18-20(27)25(4)24(31)26(13-14(3)22(28)29)21(18)33-19(17)23(30)32-6-2/h7-10,14H,5-6,11-13H2,1-4H3,(H,28,29). The average molecular weight is 473 g/mol. The second kappa shape index (κ2) is 10.2. The smallest absolute Gasteiger partial charge is 0.348 e. The summed E-state index contributed by atoms with van der Waals surface area (Å²) < 4.78 is 7.49. The van der Waals surface area contributed by atoms with E-state index < -0.39 is 29.1 Å². The lowest BCUT2D eigenvalue weighted by molar-refractivity contribution is -0.141. The molecule has 0 fully saturated rings. The van der Waals surface area contributed by atoms with Crippen molar-refractivity contribution in [2.75, 3.05) is 6.61 Å². The summed E-state index contributed by atoms with van der Waals surface area (Å²) in [5.41, 5.74) is 1.74. The van der Waals surface area contributed by atoms with Crippen molar-refractivity contribution in [3.05, 3.63) is 66.7 Å². The van der Waals surface area contributed by atoms with E-state index in [9.17, 15) is 24.3 Å². The molecule has 2 heterocycles. The summed E-state index contributed by atoms with van der Waals surface area (Å²) in [6.07, 6.45) is 1.88. The highest BCUT2D eigenvalue weighted by molar-refractivity contribution is 7.20. The van der Waals surface area contributed by atoms with Crippen LogP contribution < -0.4 is 11.2 Å². The Bertz CT molecular complexity index is 1320. The van der Waals surface area contributed by atoms with Crippen LogP contribution in [-0.2, 0) is 42.4 Å². The number of aryl methyl sites for hydroxylation is 3. The Morgan fingerprint density at radius 1 is 1.12 bits per heavy atom. The largest absolute Gasteiger partial charge is 0.481 e. The van der Waals surface area contributed by atoms with Crippen molar-refractivity contribution in [3.8, 4) is 0 Å². The van der Waals surface area contributed by atoms with Gasteiger partial charge in [-0.15, -0.1) is 11.3 Å². The van der Waals surface area contributed by atoms with Crippen molar-refractivity contribution in [1.82, 2.24) is 9.13 Å². The minimum absolute atomic E-state index is 0.111. The molecule has 0 bridgehead atoms. The van der Waals surface area contributed by atoms with Gasteiger partial charge in [0.05, 0.1) is 17.9 Å². The molecule has 0 aliphatic heterocycles. The van der Waals surface area contributed by atoms with E-state index in [1.807, 2.05) is 18.2 Å². The van der Waals surface area contributed by atoms with Crippen molar-refractivity contribution in [1.29, 1.82) is 0 Å². The third-order valence-electron chi connectivity index (χ3n) is 5.75. The molecular weight excluding hydrogens is 444 g/mol. The molecule has 1 unspecified atom stereocenters. The number of nitrogens with zero attached hydrogens (tertiary/aromatic N) is 2. The number of ether oxygens (including phenoxy) is 1. The molecule has 1 aromatic carbocycles. The molecule has 3 rings (SSSR count). The summed E-state index contributed by atoms with van der Waals surface area (Å²) in [6.45, 7) is 5.33. The van der Waals surface area contributed by atoms with Crippen molar-refractivity contribution in [2.24, 2.45) is 13.0 Å². The maximum atomic E-state index is 13.2. The fraction of sp³-hybridized carbons (Fsp3) is 0.417. The zero-order valence-corrected chi connectivity index (χ0v) is 20.0. The zero-order valence-electron chi connectivity index (χ0n) is 19.2. The number of carbonyl (C=O) groups is 2. The lowest BCUT2D eigenvalue weighted by atomic mass is 9.97. The van der Waals surface area contributed by atoms with Crippen LogP contribution in [-0.4, -0.2) is 32.8 Å². The first-order valence-electron chi connectivity index (χ1n) is 10.9. The van der Waals surface area contributed by atoms with Gasteiger partial charge in [-0.1, -0.05) is 38.1 Å². The van der Waals surface area contributed by atoms with E-state index in [0.717, 1.165) is 27.9 Å². The van der Waals surface area contributed by atoms with Crippen LogP contribution in [0.4, 0.5) is 0 Å². The number of carboxylic acid groups (broad SMARTS) is 1. The molecule has 0 radical (unpaired) electrons. The second-order valence-corrected chi connectivity index (χ2v) is 8.93. The van der Waals surface area contributed by atoms with Crippen LogP contribution in [0, 0.1) is 5.92 Å². The minimum Gasteiger partial charge on any atom is -0.481 e. The molecule has 0 spiro atoms. The molecule has 1 N–H and O–H groups in total. The van der Waals surface area contributed by atoms with Crippen molar-refractivity contribution < 1.29 is 19.4 Å². The number of hydrogen-bond acceptors (Lipinski definition) is 6. The second-order valence-electron chi connectivity index (χ2n) is 7.93. The van der Waals surface area contributed by atoms with E-state index in [-0.39, 0.29) is 23.4 Å². The van der Waals surface area contributed by atoms with E-state index in [0.29, 0.717) is 23.2 Å². The lowest BCUT2D eigenvalue weighted by Crippen LogP contribution is -2.39. The summed E-state index contributed by atoms with van der Waals surface area (Å²) in [5.74, 6) is -2.45. The summed E-state index contributed by atoms with van der Waals surface area (Å²) >= 11 is 1.02. The van der Waals surface area contributed by atoms with E-state index >= 15 is 0 Å². The van der Waals surface area contributed by atoms with Gasteiger partial charge in [-0.25, -0.2) is 9.59 Å². The van der Waals surface area contributed by atoms with Gasteiger partial charge in [0.15, 0.2) is 0 Å². The maximum absolute atomic E-state index is 13.2. The highest BCUT2D eigenvalue weighted by atomic mass is 32.1. The normalized spacial score (nSPS) is 12.1. The van der Waals surface area contributed by atoms with E-state index in [1.54, 1.807) is 6.92 Å². The topological polar surface area (TPSA) is 108 Å². The molecule has 0 saturated heterocycles. The Morgan fingerprint density at radius 2 is 1.79 bits per heavy atom. The van der Waals surface area contributed by atoms with Crippen LogP contribution in [0.1, 0.15) is 47.1 Å². The first-order valence-corrected chi connectivity index (χ1v) is 11.7. The number of thiophene rings is 1. The first kappa shape index (κ1) is 24.4. The molecule has 3 aromatic rings. The average Bonchev–Trinajstić information content (AvgIpc) is 3.18. The number of carbonyl (C=O) groups excluding carboxylic acids is 1. The van der Waals surface area contributed by atoms with Crippen LogP contribution in [0.3, 0.4) is 0 Å². The fourth-order valence-electron chi connectivity index (χ4n) is 3.90. The van der Waals surface area contributed by atoms with Crippen molar-refractivity contribution >= 4 is 33.5 Å². The van der Waals surface area contributed by atoms with Crippen LogP contribution in [0.25, 0.3) is 10.2 Å². The van der Waals surface area contributed by atoms with Gasteiger partial charge in [0, 0.05) is 13.6 Å². The number of hydrogen-bond donors (Lipinski definition) is 1. The molecule has 8 nitrogen and oxygen atoms in total. The van der Waals surface area contributed by atoms with Gasteiger partial charge in [-0.3, -0.25) is 18.7 Å². The third kappa shape index (κ3) is 4.78. The Kier molecular flexibility index (Phi) is 7.53. The van der Waals surface area contributed by atoms with Crippen LogP contribution in [0.2, 0.25) is 0 Å². The van der Waals surface area contributed by atoms with Gasteiger partial charge >= 0.3 is 17.6 Å². The van der Waals surface area contributed by atoms with Gasteiger partial charge < -0.3 is 9.84 Å². The quantitative estimate of drug-likeness (QED) is 0.480. The summed E-state index contributed by atoms with van der Waals surface area (Å²) in [7, 11) is 1.36. The minimum atomic E-state index is -1.05. The Morgan fingerprint density at radius 3 is 2.39 bits per heavy atom. The monoisotopic (exact) mass is 472 g/mol. The van der Waals surface area contributed by atoms with Crippen LogP contribution in [0.15, 0.2) is 33.9 Å². The fourth-order valence-corrected chi connectivity index (χ4v) is 5.14. The number of rotatable bonds is 9. The molecule has 1 atom stereocenters. The van der Waals surface area contributed by atoms with Gasteiger partial charge in [0.1, 0.15) is 9.71 Å². The third-order valence-corrected chi connectivity index (χ3v) is 6.99. The predicted molar refractivity (Wildman–Crippen MR) is 127 cm³/mol. The highest BCUT2D eigenvalue weighted by Gasteiger charge is 2.26. The number of aromatic nitrogens is 2. The Balaban J connectivity index is 2.23. The maximum Gasteiger partial charge on any atom is 0.348 e. The molecule has 9 heteroatoms. The Labute approximate surface area is 195 Å². The van der Waals surface area contributed by atoms with Gasteiger partial charge in [0.25, 0.3) is 5.56 Å². The first-order chi connectivity index (χ1) is 15.7. The lowest BCUT2D eigenvalue weighted by Gasteiger charge is -2.12. The molecule has 176 valence electrons. The van der Waals surface area contributed by atoms with Gasteiger partial charge in [-0.05, 0) is 42.9 Å². The van der Waals surface area contributed by atoms with E-state index in [1.165, 1.54) is 24.1 Å². The number of benzene rings is 1. The molecule has 0 aliphatic carbocycles. The van der Waals surface area contributed by atoms with Crippen LogP contribution in [0.5, 0.6) is 0 Å². The number of carboxylic acids is 1. The molecule has 0 aliphatic rings. The number of aliphatic carboxylic acids is 1. The number of esters is 1. The molecule has 0 saturated carbocycles. The van der Waals surface area contributed by atoms with Crippen LogP contribution >= 0.6 is 11.3 Å². The highest BCUT2D eigenvalue weighted by Crippen LogP contribution is 2.31. The SMILES string of the molecule is CCOC(=O)c1sc2c(c1CCc1ccccc1CC)c(=O)n(C)c(=O)n2CC(C)C(=O)O. The van der Waals surface area contributed by atoms with E-state index in [2.05, 4.69) is 13.0 Å². The van der Waals surface area contributed by atoms with Crippen molar-refractivity contribution in [3.63, 3.8) is 0 Å². The molecule has 0 amide bonds.